The van der Waals surface area contributed by atoms with E-state index in [1.54, 1.807) is 0 Å². The third kappa shape index (κ3) is 3.18. The Balaban J connectivity index is 2.10. The van der Waals surface area contributed by atoms with Crippen molar-refractivity contribution in [3.63, 3.8) is 0 Å². The monoisotopic (exact) mass is 273 g/mol. The van der Waals surface area contributed by atoms with Gasteiger partial charge >= 0.3 is 6.61 Å². The van der Waals surface area contributed by atoms with Crippen LogP contribution in [-0.4, -0.2) is 33.1 Å². The van der Waals surface area contributed by atoms with E-state index in [1.807, 2.05) is 0 Å². The van der Waals surface area contributed by atoms with Crippen LogP contribution >= 0.6 is 0 Å². The van der Waals surface area contributed by atoms with Gasteiger partial charge in [0.25, 0.3) is 11.7 Å². The minimum atomic E-state index is -3.13. The molecule has 0 aliphatic carbocycles. The summed E-state index contributed by atoms with van der Waals surface area (Å²) in [6, 6.07) is 2.99. The van der Waals surface area contributed by atoms with Crippen molar-refractivity contribution in [2.24, 2.45) is 0 Å². The topological polar surface area (TPSA) is 92.8 Å². The van der Waals surface area contributed by atoms with Gasteiger partial charge in [0.05, 0.1) is 0 Å². The molecular formula is C9H6F3N5O2. The molecule has 0 aliphatic heterocycles. The second-order valence-electron chi connectivity index (χ2n) is 3.21. The third-order valence-electron chi connectivity index (χ3n) is 1.95. The molecule has 2 N–H and O–H groups in total. The van der Waals surface area contributed by atoms with Crippen molar-refractivity contribution in [1.29, 1.82) is 0 Å². The number of halogens is 3. The van der Waals surface area contributed by atoms with Crippen molar-refractivity contribution in [2.45, 2.75) is 6.61 Å². The lowest BCUT2D eigenvalue weighted by Crippen LogP contribution is -2.14. The quantitative estimate of drug-likeness (QED) is 0.872. The van der Waals surface area contributed by atoms with Gasteiger partial charge in [-0.25, -0.2) is 4.39 Å². The predicted octanol–water partition coefficient (Wildman–Crippen LogP) is 1.19. The number of aromatic amines is 1. The van der Waals surface area contributed by atoms with Gasteiger partial charge in [-0.15, -0.1) is 10.2 Å². The summed E-state index contributed by atoms with van der Waals surface area (Å²) in [5.41, 5.74) is 0.0360. The van der Waals surface area contributed by atoms with Crippen molar-refractivity contribution >= 4 is 11.6 Å². The Morgan fingerprint density at radius 1 is 1.42 bits per heavy atom. The molecule has 7 nitrogen and oxygen atoms in total. The second kappa shape index (κ2) is 5.33. The van der Waals surface area contributed by atoms with Crippen molar-refractivity contribution < 1.29 is 22.7 Å². The fraction of sp³-hybridized carbons (Fsp3) is 0.111. The fourth-order valence-electron chi connectivity index (χ4n) is 1.22. The summed E-state index contributed by atoms with van der Waals surface area (Å²) in [5, 5.41) is 14.3. The zero-order valence-electron chi connectivity index (χ0n) is 9.10. The molecule has 0 saturated carbocycles. The highest BCUT2D eigenvalue weighted by atomic mass is 19.3. The number of carbonyl (C=O) groups is 1. The van der Waals surface area contributed by atoms with E-state index in [2.05, 4.69) is 30.7 Å². The standard InChI is InChI=1S/C9H6F3N5O2/c10-5-3-4(1-2-6(5)19-9(11)12)13-8(18)7-14-16-17-15-7/h1-3,9H,(H,13,18)(H,14,15,16,17). The Morgan fingerprint density at radius 3 is 2.79 bits per heavy atom. The zero-order valence-corrected chi connectivity index (χ0v) is 9.10. The molecule has 0 unspecified atom stereocenters. The van der Waals surface area contributed by atoms with Gasteiger partial charge in [0.1, 0.15) is 0 Å². The molecule has 0 bridgehead atoms. The number of nitrogens with one attached hydrogen (secondary N) is 2. The second-order valence-corrected chi connectivity index (χ2v) is 3.21. The number of ether oxygens (including phenoxy) is 1. The molecule has 1 aromatic carbocycles. The first-order valence-electron chi connectivity index (χ1n) is 4.85. The molecular weight excluding hydrogens is 267 g/mol. The molecule has 0 spiro atoms. The first-order valence-corrected chi connectivity index (χ1v) is 4.85. The van der Waals surface area contributed by atoms with Gasteiger partial charge in [-0.3, -0.25) is 4.79 Å². The number of H-pyrrole nitrogens is 1. The number of benzene rings is 1. The van der Waals surface area contributed by atoms with Crippen molar-refractivity contribution in [2.75, 3.05) is 5.32 Å². The van der Waals surface area contributed by atoms with Crippen LogP contribution in [0.25, 0.3) is 0 Å². The Morgan fingerprint density at radius 2 is 2.21 bits per heavy atom. The van der Waals surface area contributed by atoms with Crippen molar-refractivity contribution in [1.82, 2.24) is 20.6 Å². The summed E-state index contributed by atoms with van der Waals surface area (Å²) < 4.78 is 41.1. The van der Waals surface area contributed by atoms with Crippen LogP contribution in [0.15, 0.2) is 18.2 Å². The van der Waals surface area contributed by atoms with Crippen LogP contribution in [0.3, 0.4) is 0 Å². The molecule has 0 saturated heterocycles. The number of amides is 1. The van der Waals surface area contributed by atoms with Crippen molar-refractivity contribution in [3.8, 4) is 5.75 Å². The number of aromatic nitrogens is 4. The van der Waals surface area contributed by atoms with Gasteiger partial charge < -0.3 is 10.1 Å². The van der Waals surface area contributed by atoms with E-state index in [-0.39, 0.29) is 11.5 Å². The van der Waals surface area contributed by atoms with Gasteiger partial charge in [0, 0.05) is 11.8 Å². The molecule has 0 fully saturated rings. The smallest absolute Gasteiger partial charge is 0.387 e. The zero-order chi connectivity index (χ0) is 13.8. The highest BCUT2D eigenvalue weighted by molar-refractivity contribution is 6.01. The molecule has 2 rings (SSSR count). The van der Waals surface area contributed by atoms with Gasteiger partial charge in [0.15, 0.2) is 11.6 Å². The highest BCUT2D eigenvalue weighted by Gasteiger charge is 2.14. The largest absolute Gasteiger partial charge is 0.432 e. The van der Waals surface area contributed by atoms with Gasteiger partial charge in [0.2, 0.25) is 0 Å². The number of anilines is 1. The number of hydrogen-bond donors (Lipinski definition) is 2. The molecule has 2 aromatic rings. The minimum absolute atomic E-state index is 0.0360. The summed E-state index contributed by atoms with van der Waals surface area (Å²) >= 11 is 0. The molecule has 1 heterocycles. The van der Waals surface area contributed by atoms with E-state index in [4.69, 9.17) is 0 Å². The van der Waals surface area contributed by atoms with Crippen LogP contribution < -0.4 is 10.1 Å². The first kappa shape index (κ1) is 12.8. The van der Waals surface area contributed by atoms with Crippen LogP contribution in [0.4, 0.5) is 18.9 Å². The minimum Gasteiger partial charge on any atom is -0.432 e. The van der Waals surface area contributed by atoms with E-state index in [9.17, 15) is 18.0 Å². The summed E-state index contributed by atoms with van der Waals surface area (Å²) in [5.74, 6) is -2.62. The number of alkyl halides is 2. The average Bonchev–Trinajstić information content (AvgIpc) is 2.86. The van der Waals surface area contributed by atoms with Crippen LogP contribution in [0, 0.1) is 5.82 Å². The van der Waals surface area contributed by atoms with Crippen LogP contribution in [0.2, 0.25) is 0 Å². The SMILES string of the molecule is O=C(Nc1ccc(OC(F)F)c(F)c1)c1nn[nH]n1. The third-order valence-corrected chi connectivity index (χ3v) is 1.95. The number of tetrazole rings is 1. The maximum Gasteiger partial charge on any atom is 0.387 e. The Kier molecular flexibility index (Phi) is 3.59. The Labute approximate surface area is 103 Å². The average molecular weight is 273 g/mol. The summed E-state index contributed by atoms with van der Waals surface area (Å²) in [7, 11) is 0. The van der Waals surface area contributed by atoms with Crippen LogP contribution in [0.5, 0.6) is 5.75 Å². The molecule has 100 valence electrons. The summed E-state index contributed by atoms with van der Waals surface area (Å²) in [6.45, 7) is -3.13. The first-order chi connectivity index (χ1) is 9.06. The maximum atomic E-state index is 13.3. The maximum absolute atomic E-state index is 13.3. The molecule has 0 aliphatic rings. The van der Waals surface area contributed by atoms with Gasteiger partial charge in [-0.2, -0.15) is 14.0 Å². The lowest BCUT2D eigenvalue weighted by atomic mass is 10.3. The summed E-state index contributed by atoms with van der Waals surface area (Å²) in [4.78, 5) is 11.5. The van der Waals surface area contributed by atoms with Crippen LogP contribution in [0.1, 0.15) is 10.6 Å². The molecule has 1 amide bonds. The normalized spacial score (nSPS) is 10.5. The lowest BCUT2D eigenvalue weighted by Gasteiger charge is -2.07. The number of hydrogen-bond acceptors (Lipinski definition) is 5. The fourth-order valence-corrected chi connectivity index (χ4v) is 1.22. The number of carbonyl (C=O) groups excluding carboxylic acids is 1. The molecule has 1 aromatic heterocycles. The van der Waals surface area contributed by atoms with E-state index in [0.29, 0.717) is 0 Å². The van der Waals surface area contributed by atoms with E-state index >= 15 is 0 Å². The van der Waals surface area contributed by atoms with Crippen molar-refractivity contribution in [3.05, 3.63) is 29.8 Å². The number of nitrogens with zero attached hydrogens (tertiary/aromatic N) is 3. The Hall–Kier alpha value is -2.65. The molecule has 0 atom stereocenters. The van der Waals surface area contributed by atoms with Gasteiger partial charge in [-0.1, -0.05) is 0 Å². The lowest BCUT2D eigenvalue weighted by molar-refractivity contribution is -0.0521. The Bertz CT molecular complexity index is 575. The molecule has 0 radical (unpaired) electrons. The van der Waals surface area contributed by atoms with E-state index < -0.39 is 24.1 Å². The molecule has 19 heavy (non-hydrogen) atoms. The van der Waals surface area contributed by atoms with E-state index in [0.717, 1.165) is 12.1 Å². The van der Waals surface area contributed by atoms with Crippen LogP contribution in [-0.2, 0) is 0 Å². The molecule has 10 heteroatoms. The summed E-state index contributed by atoms with van der Waals surface area (Å²) in [6.07, 6.45) is 0. The van der Waals surface area contributed by atoms with E-state index in [1.165, 1.54) is 6.07 Å². The number of rotatable bonds is 4. The van der Waals surface area contributed by atoms with Gasteiger partial charge in [-0.05, 0) is 17.3 Å². The highest BCUT2D eigenvalue weighted by Crippen LogP contribution is 2.22. The predicted molar refractivity (Wildman–Crippen MR) is 55.2 cm³/mol.